The van der Waals surface area contributed by atoms with Gasteiger partial charge in [0.25, 0.3) is 0 Å². The first-order valence-corrected chi connectivity index (χ1v) is 6.17. The van der Waals surface area contributed by atoms with Crippen molar-refractivity contribution in [1.29, 1.82) is 0 Å². The molecule has 1 aromatic heterocycles. The molecule has 3 nitrogen and oxygen atoms in total. The highest BCUT2D eigenvalue weighted by atomic mass is 16.1. The van der Waals surface area contributed by atoms with Gasteiger partial charge in [-0.15, -0.1) is 0 Å². The first kappa shape index (κ1) is 11.5. The topological polar surface area (TPSA) is 58.9 Å². The maximum Gasteiger partial charge on any atom is 0.167 e. The highest BCUT2D eigenvalue weighted by molar-refractivity contribution is 5.98. The van der Waals surface area contributed by atoms with E-state index in [-0.39, 0.29) is 5.78 Å². The molecule has 0 unspecified atom stereocenters. The molecule has 3 aromatic rings. The lowest BCUT2D eigenvalue weighted by Gasteiger charge is -2.03. The van der Waals surface area contributed by atoms with Crippen LogP contribution in [0, 0.1) is 0 Å². The number of anilines is 1. The van der Waals surface area contributed by atoms with Gasteiger partial charge in [0.15, 0.2) is 5.78 Å². The molecule has 19 heavy (non-hydrogen) atoms. The number of hydrogen-bond acceptors (Lipinski definition) is 2. The van der Waals surface area contributed by atoms with E-state index in [1.807, 2.05) is 30.5 Å². The smallest absolute Gasteiger partial charge is 0.167 e. The van der Waals surface area contributed by atoms with E-state index in [0.29, 0.717) is 17.7 Å². The second-order valence-electron chi connectivity index (χ2n) is 4.62. The van der Waals surface area contributed by atoms with E-state index < -0.39 is 0 Å². The van der Waals surface area contributed by atoms with Crippen molar-refractivity contribution in [2.45, 2.75) is 6.42 Å². The van der Waals surface area contributed by atoms with Crippen LogP contribution in [0.3, 0.4) is 0 Å². The van der Waals surface area contributed by atoms with E-state index in [1.165, 1.54) is 0 Å². The first-order valence-electron chi connectivity index (χ1n) is 6.17. The molecule has 3 heteroatoms. The third-order valence-electron chi connectivity index (χ3n) is 3.22. The lowest BCUT2D eigenvalue weighted by molar-refractivity contribution is 0.0993. The Balaban J connectivity index is 1.83. The molecule has 0 atom stereocenters. The van der Waals surface area contributed by atoms with Gasteiger partial charge in [0.1, 0.15) is 0 Å². The van der Waals surface area contributed by atoms with Crippen molar-refractivity contribution in [2.24, 2.45) is 0 Å². The van der Waals surface area contributed by atoms with Crippen molar-refractivity contribution >= 4 is 22.4 Å². The van der Waals surface area contributed by atoms with Crippen LogP contribution in [0.15, 0.2) is 54.7 Å². The van der Waals surface area contributed by atoms with Crippen LogP contribution >= 0.6 is 0 Å². The molecule has 0 aliphatic carbocycles. The third kappa shape index (κ3) is 2.36. The summed E-state index contributed by atoms with van der Waals surface area (Å²) in [5, 5.41) is 1.13. The summed E-state index contributed by atoms with van der Waals surface area (Å²) in [6.07, 6.45) is 2.31. The van der Waals surface area contributed by atoms with Crippen LogP contribution in [-0.4, -0.2) is 10.8 Å². The van der Waals surface area contributed by atoms with Crippen LogP contribution in [0.25, 0.3) is 10.9 Å². The van der Waals surface area contributed by atoms with Gasteiger partial charge in [0, 0.05) is 29.4 Å². The molecule has 1 heterocycles. The van der Waals surface area contributed by atoms with Crippen LogP contribution in [-0.2, 0) is 6.42 Å². The van der Waals surface area contributed by atoms with Gasteiger partial charge in [0.05, 0.1) is 0 Å². The lowest BCUT2D eigenvalue weighted by Crippen LogP contribution is -2.03. The van der Waals surface area contributed by atoms with Gasteiger partial charge in [0.2, 0.25) is 0 Å². The van der Waals surface area contributed by atoms with E-state index in [2.05, 4.69) is 4.98 Å². The van der Waals surface area contributed by atoms with Gasteiger partial charge >= 0.3 is 0 Å². The fraction of sp³-hybridized carbons (Fsp3) is 0.0625. The number of aromatic nitrogens is 1. The van der Waals surface area contributed by atoms with Crippen molar-refractivity contribution < 1.29 is 4.79 Å². The molecule has 3 rings (SSSR count). The number of nitrogen functional groups attached to an aromatic ring is 1. The molecule has 0 aliphatic rings. The molecular weight excluding hydrogens is 236 g/mol. The molecule has 0 fully saturated rings. The molecule has 94 valence electrons. The number of rotatable bonds is 3. The van der Waals surface area contributed by atoms with E-state index in [0.717, 1.165) is 16.5 Å². The normalized spacial score (nSPS) is 10.7. The Bertz CT molecular complexity index is 726. The quantitative estimate of drug-likeness (QED) is 0.554. The molecule has 0 amide bonds. The van der Waals surface area contributed by atoms with Crippen molar-refractivity contribution in [3.8, 4) is 0 Å². The van der Waals surface area contributed by atoms with E-state index >= 15 is 0 Å². The van der Waals surface area contributed by atoms with Crippen LogP contribution < -0.4 is 5.73 Å². The minimum atomic E-state index is 0.106. The maximum absolute atomic E-state index is 12.2. The number of Topliss-reactive ketones (excluding diaryl/α,β-unsaturated/α-hetero) is 1. The molecule has 0 saturated carbocycles. The second kappa shape index (κ2) is 4.61. The van der Waals surface area contributed by atoms with Gasteiger partial charge in [-0.25, -0.2) is 0 Å². The van der Waals surface area contributed by atoms with Gasteiger partial charge in [-0.2, -0.15) is 0 Å². The highest BCUT2D eigenvalue weighted by Crippen LogP contribution is 2.16. The number of fused-ring (bicyclic) bond motifs is 1. The number of aromatic amines is 1. The summed E-state index contributed by atoms with van der Waals surface area (Å²) in [6, 6.07) is 15.1. The summed E-state index contributed by atoms with van der Waals surface area (Å²) in [6.45, 7) is 0. The SMILES string of the molecule is Nc1ccc(C(=O)Cc2ccc3[nH]ccc3c2)cc1. The van der Waals surface area contributed by atoms with Crippen molar-refractivity contribution in [2.75, 3.05) is 5.73 Å². The third-order valence-corrected chi connectivity index (χ3v) is 3.22. The molecule has 0 bridgehead atoms. The van der Waals surface area contributed by atoms with E-state index in [4.69, 9.17) is 5.73 Å². The maximum atomic E-state index is 12.2. The monoisotopic (exact) mass is 250 g/mol. The standard InChI is InChI=1S/C16H14N2O/c17-14-4-2-12(3-5-14)16(19)10-11-1-6-15-13(9-11)7-8-18-15/h1-9,18H,10,17H2. The number of ketones is 1. The number of benzene rings is 2. The van der Waals surface area contributed by atoms with Crippen LogP contribution in [0.5, 0.6) is 0 Å². The van der Waals surface area contributed by atoms with E-state index in [1.54, 1.807) is 24.3 Å². The van der Waals surface area contributed by atoms with Gasteiger partial charge in [-0.1, -0.05) is 6.07 Å². The van der Waals surface area contributed by atoms with Crippen molar-refractivity contribution in [1.82, 2.24) is 4.98 Å². The number of nitrogens with two attached hydrogens (primary N) is 1. The molecule has 0 aliphatic heterocycles. The van der Waals surface area contributed by atoms with Gasteiger partial charge < -0.3 is 10.7 Å². The molecule has 0 radical (unpaired) electrons. The fourth-order valence-corrected chi connectivity index (χ4v) is 2.17. The molecule has 2 aromatic carbocycles. The highest BCUT2D eigenvalue weighted by Gasteiger charge is 2.07. The Kier molecular flexibility index (Phi) is 2.80. The summed E-state index contributed by atoms with van der Waals surface area (Å²) in [5.74, 6) is 0.106. The summed E-state index contributed by atoms with van der Waals surface area (Å²) >= 11 is 0. The lowest BCUT2D eigenvalue weighted by atomic mass is 10.0. The predicted octanol–water partition coefficient (Wildman–Crippen LogP) is 3.18. The molecule has 3 N–H and O–H groups in total. The zero-order chi connectivity index (χ0) is 13.2. The van der Waals surface area contributed by atoms with Gasteiger partial charge in [-0.05, 0) is 53.4 Å². The molecule has 0 spiro atoms. The summed E-state index contributed by atoms with van der Waals surface area (Å²) < 4.78 is 0. The number of nitrogens with one attached hydrogen (secondary N) is 1. The molecular formula is C16H14N2O. The minimum Gasteiger partial charge on any atom is -0.399 e. The number of carbonyl (C=O) groups is 1. The Labute approximate surface area is 111 Å². The zero-order valence-corrected chi connectivity index (χ0v) is 10.4. The average Bonchev–Trinajstić information content (AvgIpc) is 2.87. The Hall–Kier alpha value is -2.55. The summed E-state index contributed by atoms with van der Waals surface area (Å²) in [4.78, 5) is 15.3. The second-order valence-corrected chi connectivity index (χ2v) is 4.62. The van der Waals surface area contributed by atoms with Crippen LogP contribution in [0.1, 0.15) is 15.9 Å². The van der Waals surface area contributed by atoms with Crippen LogP contribution in [0.4, 0.5) is 5.69 Å². The number of hydrogen-bond donors (Lipinski definition) is 2. The Morgan fingerprint density at radius 2 is 1.84 bits per heavy atom. The Morgan fingerprint density at radius 1 is 1.05 bits per heavy atom. The van der Waals surface area contributed by atoms with Gasteiger partial charge in [-0.3, -0.25) is 4.79 Å². The minimum absolute atomic E-state index is 0.106. The van der Waals surface area contributed by atoms with E-state index in [9.17, 15) is 4.79 Å². The fourth-order valence-electron chi connectivity index (χ4n) is 2.17. The van der Waals surface area contributed by atoms with Crippen LogP contribution in [0.2, 0.25) is 0 Å². The number of H-pyrrole nitrogens is 1. The number of carbonyl (C=O) groups excluding carboxylic acids is 1. The predicted molar refractivity (Wildman–Crippen MR) is 77.2 cm³/mol. The summed E-state index contributed by atoms with van der Waals surface area (Å²) in [5.41, 5.74) is 9.09. The first-order chi connectivity index (χ1) is 9.22. The average molecular weight is 250 g/mol. The van der Waals surface area contributed by atoms with Crippen molar-refractivity contribution in [3.63, 3.8) is 0 Å². The Morgan fingerprint density at radius 3 is 2.63 bits per heavy atom. The summed E-state index contributed by atoms with van der Waals surface area (Å²) in [7, 11) is 0. The largest absolute Gasteiger partial charge is 0.399 e. The molecule has 0 saturated heterocycles. The zero-order valence-electron chi connectivity index (χ0n) is 10.4. The van der Waals surface area contributed by atoms with Crippen molar-refractivity contribution in [3.05, 3.63) is 65.9 Å².